The maximum Gasteiger partial charge on any atom is 0.290 e. The van der Waals surface area contributed by atoms with Crippen LogP contribution in [0.25, 0.3) is 10.8 Å². The SMILES string of the molecule is Cc1ccc(NC(=O)C[n+]2ccc3ccccc3c2)c(F)c1. The monoisotopic (exact) mass is 295 g/mol. The highest BCUT2D eigenvalue weighted by Crippen LogP contribution is 2.15. The Morgan fingerprint density at radius 2 is 1.91 bits per heavy atom. The van der Waals surface area contributed by atoms with Gasteiger partial charge < -0.3 is 5.32 Å². The average Bonchev–Trinajstić information content (AvgIpc) is 2.50. The van der Waals surface area contributed by atoms with Crippen molar-refractivity contribution in [2.75, 3.05) is 5.32 Å². The number of halogens is 1. The van der Waals surface area contributed by atoms with Crippen LogP contribution in [0.15, 0.2) is 60.9 Å². The van der Waals surface area contributed by atoms with Crippen molar-refractivity contribution in [1.29, 1.82) is 0 Å². The second-order valence-corrected chi connectivity index (χ2v) is 5.28. The topological polar surface area (TPSA) is 33.0 Å². The molecule has 0 spiro atoms. The fraction of sp³-hybridized carbons (Fsp3) is 0.111. The molecule has 4 heteroatoms. The molecule has 0 saturated carbocycles. The predicted octanol–water partition coefficient (Wildman–Crippen LogP) is 3.21. The third kappa shape index (κ3) is 3.11. The number of carbonyl (C=O) groups is 1. The molecule has 0 radical (unpaired) electrons. The lowest BCUT2D eigenvalue weighted by Gasteiger charge is -2.05. The summed E-state index contributed by atoms with van der Waals surface area (Å²) in [5.41, 5.74) is 1.02. The largest absolute Gasteiger partial charge is 0.318 e. The Hall–Kier alpha value is -2.75. The van der Waals surface area contributed by atoms with E-state index in [4.69, 9.17) is 0 Å². The van der Waals surface area contributed by atoms with Crippen molar-refractivity contribution >= 4 is 22.4 Å². The molecule has 22 heavy (non-hydrogen) atoms. The van der Waals surface area contributed by atoms with Gasteiger partial charge in [0.2, 0.25) is 6.54 Å². The first-order chi connectivity index (χ1) is 10.6. The molecule has 0 aliphatic carbocycles. The van der Waals surface area contributed by atoms with Crippen molar-refractivity contribution in [2.45, 2.75) is 13.5 Å². The van der Waals surface area contributed by atoms with Gasteiger partial charge in [-0.1, -0.05) is 24.3 Å². The van der Waals surface area contributed by atoms with Crippen LogP contribution in [-0.2, 0) is 11.3 Å². The molecule has 0 aliphatic rings. The molecule has 1 heterocycles. The molecule has 110 valence electrons. The van der Waals surface area contributed by atoms with Crippen LogP contribution < -0.4 is 9.88 Å². The summed E-state index contributed by atoms with van der Waals surface area (Å²) in [6.07, 6.45) is 3.74. The molecular weight excluding hydrogens is 279 g/mol. The van der Waals surface area contributed by atoms with Gasteiger partial charge in [-0.15, -0.1) is 0 Å². The smallest absolute Gasteiger partial charge is 0.290 e. The summed E-state index contributed by atoms with van der Waals surface area (Å²) in [6.45, 7) is 1.94. The lowest BCUT2D eigenvalue weighted by molar-refractivity contribution is -0.682. The molecule has 0 saturated heterocycles. The highest BCUT2D eigenvalue weighted by molar-refractivity contribution is 5.90. The predicted molar refractivity (Wildman–Crippen MR) is 83.9 cm³/mol. The summed E-state index contributed by atoms with van der Waals surface area (Å²) in [6, 6.07) is 14.6. The highest BCUT2D eigenvalue weighted by atomic mass is 19.1. The first kappa shape index (κ1) is 14.2. The van der Waals surface area contributed by atoms with Crippen LogP contribution in [0.5, 0.6) is 0 Å². The van der Waals surface area contributed by atoms with E-state index in [0.29, 0.717) is 0 Å². The standard InChI is InChI=1S/C18H15FN2O/c1-13-6-7-17(16(19)10-13)20-18(22)12-21-9-8-14-4-2-3-5-15(14)11-21/h2-11H,12H2,1H3/p+1. The fourth-order valence-corrected chi connectivity index (χ4v) is 2.35. The molecule has 0 atom stereocenters. The molecule has 1 aromatic heterocycles. The van der Waals surface area contributed by atoms with Crippen LogP contribution in [0.2, 0.25) is 0 Å². The summed E-state index contributed by atoms with van der Waals surface area (Å²) in [7, 11) is 0. The number of nitrogens with zero attached hydrogens (tertiary/aromatic N) is 1. The van der Waals surface area contributed by atoms with Crippen LogP contribution in [0.1, 0.15) is 5.56 Å². The number of hydrogen-bond acceptors (Lipinski definition) is 1. The molecule has 1 N–H and O–H groups in total. The van der Waals surface area contributed by atoms with E-state index in [0.717, 1.165) is 16.3 Å². The van der Waals surface area contributed by atoms with Crippen LogP contribution >= 0.6 is 0 Å². The Morgan fingerprint density at radius 1 is 1.14 bits per heavy atom. The zero-order chi connectivity index (χ0) is 15.5. The zero-order valence-corrected chi connectivity index (χ0v) is 12.2. The van der Waals surface area contributed by atoms with Gasteiger partial charge in [-0.2, -0.15) is 4.57 Å². The van der Waals surface area contributed by atoms with Gasteiger partial charge in [0.15, 0.2) is 12.4 Å². The van der Waals surface area contributed by atoms with Gasteiger partial charge in [-0.25, -0.2) is 4.39 Å². The highest BCUT2D eigenvalue weighted by Gasteiger charge is 2.12. The van der Waals surface area contributed by atoms with E-state index in [1.807, 2.05) is 42.7 Å². The molecule has 3 aromatic rings. The Bertz CT molecular complexity index is 845. The zero-order valence-electron chi connectivity index (χ0n) is 12.2. The molecule has 3 rings (SSSR count). The van der Waals surface area contributed by atoms with Gasteiger partial charge in [-0.3, -0.25) is 4.79 Å². The van der Waals surface area contributed by atoms with Gasteiger partial charge in [0.25, 0.3) is 5.91 Å². The normalized spacial score (nSPS) is 10.6. The van der Waals surface area contributed by atoms with Crippen molar-refractivity contribution < 1.29 is 13.8 Å². The van der Waals surface area contributed by atoms with Crippen molar-refractivity contribution in [3.63, 3.8) is 0 Å². The molecule has 1 amide bonds. The maximum atomic E-state index is 13.7. The van der Waals surface area contributed by atoms with Gasteiger partial charge >= 0.3 is 0 Å². The summed E-state index contributed by atoms with van der Waals surface area (Å²) in [4.78, 5) is 12.1. The first-order valence-electron chi connectivity index (χ1n) is 7.06. The van der Waals surface area contributed by atoms with E-state index in [2.05, 4.69) is 5.32 Å². The molecule has 0 bridgehead atoms. The molecule has 0 unspecified atom stereocenters. The Labute approximate surface area is 128 Å². The minimum Gasteiger partial charge on any atom is -0.318 e. The van der Waals surface area contributed by atoms with Gasteiger partial charge in [0.05, 0.1) is 5.69 Å². The van der Waals surface area contributed by atoms with Gasteiger partial charge in [-0.05, 0) is 36.1 Å². The van der Waals surface area contributed by atoms with Gasteiger partial charge in [0, 0.05) is 11.5 Å². The molecule has 2 aromatic carbocycles. The third-order valence-corrected chi connectivity index (χ3v) is 3.47. The van der Waals surface area contributed by atoms with E-state index >= 15 is 0 Å². The van der Waals surface area contributed by atoms with Crippen molar-refractivity contribution in [2.24, 2.45) is 0 Å². The maximum absolute atomic E-state index is 13.7. The lowest BCUT2D eigenvalue weighted by atomic mass is 10.2. The quantitative estimate of drug-likeness (QED) is 0.739. The summed E-state index contributed by atoms with van der Waals surface area (Å²) in [5.74, 6) is -0.681. The average molecular weight is 295 g/mol. The third-order valence-electron chi connectivity index (χ3n) is 3.47. The minimum absolute atomic E-state index is 0.137. The van der Waals surface area contributed by atoms with Crippen molar-refractivity contribution in [3.05, 3.63) is 72.3 Å². The van der Waals surface area contributed by atoms with E-state index in [1.54, 1.807) is 23.6 Å². The number of aryl methyl sites for hydroxylation is 1. The first-order valence-corrected chi connectivity index (χ1v) is 7.06. The van der Waals surface area contributed by atoms with Crippen LogP contribution in [0.4, 0.5) is 10.1 Å². The van der Waals surface area contributed by atoms with Crippen LogP contribution in [-0.4, -0.2) is 5.91 Å². The molecular formula is C18H16FN2O+. The Balaban J connectivity index is 1.75. The number of pyridine rings is 1. The summed E-state index contributed by atoms with van der Waals surface area (Å²) >= 11 is 0. The number of amides is 1. The van der Waals surface area contributed by atoms with Crippen LogP contribution in [0, 0.1) is 12.7 Å². The molecule has 0 aliphatic heterocycles. The number of carbonyl (C=O) groups excluding carboxylic acids is 1. The number of hydrogen-bond donors (Lipinski definition) is 1. The number of anilines is 1. The van der Waals surface area contributed by atoms with Gasteiger partial charge in [0.1, 0.15) is 5.82 Å². The van der Waals surface area contributed by atoms with Crippen LogP contribution in [0.3, 0.4) is 0 Å². The summed E-state index contributed by atoms with van der Waals surface area (Å²) in [5, 5.41) is 4.77. The number of benzene rings is 2. The Kier molecular flexibility index (Phi) is 3.83. The van der Waals surface area contributed by atoms with Crippen molar-refractivity contribution in [1.82, 2.24) is 0 Å². The second kappa shape index (κ2) is 5.93. The van der Waals surface area contributed by atoms with E-state index < -0.39 is 5.82 Å². The number of rotatable bonds is 3. The summed E-state index contributed by atoms with van der Waals surface area (Å²) < 4.78 is 15.5. The van der Waals surface area contributed by atoms with E-state index in [1.165, 1.54) is 6.07 Å². The molecule has 0 fully saturated rings. The minimum atomic E-state index is -0.420. The fourth-order valence-electron chi connectivity index (χ4n) is 2.35. The Morgan fingerprint density at radius 3 is 2.68 bits per heavy atom. The lowest BCUT2D eigenvalue weighted by Crippen LogP contribution is -2.39. The number of aromatic nitrogens is 1. The number of nitrogens with one attached hydrogen (secondary N) is 1. The van der Waals surface area contributed by atoms with E-state index in [9.17, 15) is 9.18 Å². The second-order valence-electron chi connectivity index (χ2n) is 5.28. The number of fused-ring (bicyclic) bond motifs is 1. The van der Waals surface area contributed by atoms with Crippen molar-refractivity contribution in [3.8, 4) is 0 Å². The van der Waals surface area contributed by atoms with E-state index in [-0.39, 0.29) is 18.1 Å². The molecule has 3 nitrogen and oxygen atoms in total.